The van der Waals surface area contributed by atoms with E-state index in [9.17, 15) is 13.2 Å². The Morgan fingerprint density at radius 2 is 2.06 bits per heavy atom. The zero-order valence-corrected chi connectivity index (χ0v) is 12.2. The summed E-state index contributed by atoms with van der Waals surface area (Å²) < 4.78 is 32.3. The van der Waals surface area contributed by atoms with Gasteiger partial charge in [-0.05, 0) is 33.1 Å². The van der Waals surface area contributed by atoms with Crippen LogP contribution < -0.4 is 9.44 Å². The molecule has 1 aliphatic carbocycles. The van der Waals surface area contributed by atoms with Gasteiger partial charge < -0.3 is 4.74 Å². The second-order valence-electron chi connectivity index (χ2n) is 4.43. The lowest BCUT2D eigenvalue weighted by Gasteiger charge is -2.40. The Bertz CT molecular complexity index is 373. The van der Waals surface area contributed by atoms with Crippen molar-refractivity contribution in [1.82, 2.24) is 9.44 Å². The number of hydrogen-bond acceptors (Lipinski definition) is 4. The minimum atomic E-state index is -3.86. The van der Waals surface area contributed by atoms with Crippen LogP contribution in [0.2, 0.25) is 0 Å². The van der Waals surface area contributed by atoms with Crippen molar-refractivity contribution in [1.29, 1.82) is 0 Å². The first-order valence-corrected chi connectivity index (χ1v) is 7.97. The van der Waals surface area contributed by atoms with Crippen LogP contribution in [0.3, 0.4) is 0 Å². The van der Waals surface area contributed by atoms with Crippen molar-refractivity contribution in [2.24, 2.45) is 0 Å². The van der Waals surface area contributed by atoms with Crippen molar-refractivity contribution in [3.63, 3.8) is 0 Å². The van der Waals surface area contributed by atoms with Gasteiger partial charge in [0.25, 0.3) is 0 Å². The van der Waals surface area contributed by atoms with E-state index in [2.05, 4.69) is 20.7 Å². The lowest BCUT2D eigenvalue weighted by atomic mass is 9.80. The van der Waals surface area contributed by atoms with Gasteiger partial charge >= 0.3 is 16.3 Å². The quantitative estimate of drug-likeness (QED) is 0.744. The Labute approximate surface area is 110 Å². The van der Waals surface area contributed by atoms with Crippen LogP contribution in [0.5, 0.6) is 0 Å². The molecule has 1 fully saturated rings. The van der Waals surface area contributed by atoms with Crippen LogP contribution in [-0.2, 0) is 14.9 Å². The number of carbonyl (C=O) groups is 1. The SMILES string of the molecule is CC(C)OC(=O)NS(=O)(=O)NC1(CBr)CCC1. The Morgan fingerprint density at radius 3 is 2.41 bits per heavy atom. The predicted octanol–water partition coefficient (Wildman–Crippen LogP) is 1.27. The van der Waals surface area contributed by atoms with Gasteiger partial charge in [0, 0.05) is 10.9 Å². The average molecular weight is 329 g/mol. The predicted molar refractivity (Wildman–Crippen MR) is 67.2 cm³/mol. The third-order valence-corrected chi connectivity index (χ3v) is 4.69. The lowest BCUT2D eigenvalue weighted by molar-refractivity contribution is 0.121. The summed E-state index contributed by atoms with van der Waals surface area (Å²) in [5.74, 6) is 0. The molecule has 0 atom stereocenters. The molecule has 8 heteroatoms. The summed E-state index contributed by atoms with van der Waals surface area (Å²) in [6, 6.07) is 0. The molecule has 0 radical (unpaired) electrons. The Kier molecular flexibility index (Phi) is 4.79. The van der Waals surface area contributed by atoms with E-state index >= 15 is 0 Å². The molecule has 1 aliphatic rings. The number of amides is 1. The topological polar surface area (TPSA) is 84.5 Å². The third-order valence-electron chi connectivity index (χ3n) is 2.48. The number of halogens is 1. The van der Waals surface area contributed by atoms with E-state index in [0.29, 0.717) is 5.33 Å². The number of alkyl halides is 1. The minimum Gasteiger partial charge on any atom is -0.446 e. The van der Waals surface area contributed by atoms with Gasteiger partial charge in [-0.3, -0.25) is 0 Å². The van der Waals surface area contributed by atoms with Gasteiger partial charge in [0.1, 0.15) is 0 Å². The summed E-state index contributed by atoms with van der Waals surface area (Å²) in [6.07, 6.45) is 1.18. The fraction of sp³-hybridized carbons (Fsp3) is 0.889. The summed E-state index contributed by atoms with van der Waals surface area (Å²) in [4.78, 5) is 11.2. The van der Waals surface area contributed by atoms with Crippen molar-refractivity contribution in [2.75, 3.05) is 5.33 Å². The van der Waals surface area contributed by atoms with Crippen molar-refractivity contribution in [3.05, 3.63) is 0 Å². The maximum atomic E-state index is 11.6. The highest BCUT2D eigenvalue weighted by molar-refractivity contribution is 9.09. The fourth-order valence-electron chi connectivity index (χ4n) is 1.52. The first-order valence-electron chi connectivity index (χ1n) is 5.37. The normalized spacial score (nSPS) is 18.6. The maximum Gasteiger partial charge on any atom is 0.422 e. The second-order valence-corrected chi connectivity index (χ2v) is 6.40. The smallest absolute Gasteiger partial charge is 0.422 e. The molecule has 0 aromatic carbocycles. The largest absolute Gasteiger partial charge is 0.446 e. The molecule has 1 rings (SSSR count). The van der Waals surface area contributed by atoms with Crippen molar-refractivity contribution >= 4 is 32.2 Å². The lowest BCUT2D eigenvalue weighted by Crippen LogP contribution is -2.58. The van der Waals surface area contributed by atoms with Gasteiger partial charge in [0.2, 0.25) is 0 Å². The van der Waals surface area contributed by atoms with Crippen LogP contribution >= 0.6 is 15.9 Å². The highest BCUT2D eigenvalue weighted by Gasteiger charge is 2.40. The molecule has 1 amide bonds. The highest BCUT2D eigenvalue weighted by Crippen LogP contribution is 2.33. The van der Waals surface area contributed by atoms with Crippen LogP contribution in [0, 0.1) is 0 Å². The van der Waals surface area contributed by atoms with Gasteiger partial charge in [0.15, 0.2) is 0 Å². The standard InChI is InChI=1S/C9H17BrN2O4S/c1-7(2)16-8(13)11-17(14,15)12-9(6-10)4-3-5-9/h7,12H,3-6H2,1-2H3,(H,11,13). The van der Waals surface area contributed by atoms with E-state index in [1.165, 1.54) is 0 Å². The molecular weight excluding hydrogens is 312 g/mol. The molecule has 0 aromatic rings. The number of carbonyl (C=O) groups excluding carboxylic acids is 1. The van der Waals surface area contributed by atoms with Crippen LogP contribution in [0.15, 0.2) is 0 Å². The summed E-state index contributed by atoms with van der Waals surface area (Å²) in [7, 11) is -3.86. The molecule has 0 spiro atoms. The number of hydrogen-bond donors (Lipinski definition) is 2. The molecule has 6 nitrogen and oxygen atoms in total. The van der Waals surface area contributed by atoms with E-state index in [1.807, 2.05) is 4.72 Å². The van der Waals surface area contributed by atoms with Crippen LogP contribution in [-0.4, -0.2) is 31.5 Å². The van der Waals surface area contributed by atoms with Crippen LogP contribution in [0.25, 0.3) is 0 Å². The molecule has 2 N–H and O–H groups in total. The molecule has 100 valence electrons. The highest BCUT2D eigenvalue weighted by atomic mass is 79.9. The van der Waals surface area contributed by atoms with Crippen LogP contribution in [0.1, 0.15) is 33.1 Å². The Balaban J connectivity index is 2.54. The second kappa shape index (κ2) is 5.53. The zero-order valence-electron chi connectivity index (χ0n) is 9.82. The molecule has 0 aliphatic heterocycles. The summed E-state index contributed by atoms with van der Waals surface area (Å²) >= 11 is 3.27. The van der Waals surface area contributed by atoms with Gasteiger partial charge in [-0.1, -0.05) is 15.9 Å². The number of ether oxygens (including phenoxy) is 1. The zero-order chi connectivity index (χ0) is 13.1. The molecule has 0 bridgehead atoms. The first kappa shape index (κ1) is 14.7. The molecule has 0 heterocycles. The van der Waals surface area contributed by atoms with Gasteiger partial charge in [0.05, 0.1) is 6.10 Å². The van der Waals surface area contributed by atoms with Gasteiger partial charge in [-0.15, -0.1) is 0 Å². The Morgan fingerprint density at radius 1 is 1.47 bits per heavy atom. The first-order chi connectivity index (χ1) is 7.79. The fourth-order valence-corrected chi connectivity index (χ4v) is 3.58. The number of nitrogens with one attached hydrogen (secondary N) is 2. The monoisotopic (exact) mass is 328 g/mol. The molecule has 0 unspecified atom stereocenters. The molecule has 0 saturated heterocycles. The molecule has 1 saturated carbocycles. The van der Waals surface area contributed by atoms with E-state index < -0.39 is 21.8 Å². The van der Waals surface area contributed by atoms with Crippen LogP contribution in [0.4, 0.5) is 4.79 Å². The maximum absolute atomic E-state index is 11.6. The van der Waals surface area contributed by atoms with Gasteiger partial charge in [-0.2, -0.15) is 13.1 Å². The van der Waals surface area contributed by atoms with Gasteiger partial charge in [-0.25, -0.2) is 9.52 Å². The summed E-state index contributed by atoms with van der Waals surface area (Å²) in [5, 5.41) is 0.528. The van der Waals surface area contributed by atoms with E-state index in [1.54, 1.807) is 13.8 Å². The van der Waals surface area contributed by atoms with Crippen molar-refractivity contribution in [3.8, 4) is 0 Å². The molecule has 17 heavy (non-hydrogen) atoms. The summed E-state index contributed by atoms with van der Waals surface area (Å²) in [5.41, 5.74) is -0.468. The number of rotatable bonds is 5. The molecular formula is C9H17BrN2O4S. The van der Waals surface area contributed by atoms with E-state index in [4.69, 9.17) is 4.74 Å². The van der Waals surface area contributed by atoms with E-state index in [-0.39, 0.29) is 6.10 Å². The Hall–Kier alpha value is -0.340. The van der Waals surface area contributed by atoms with E-state index in [0.717, 1.165) is 19.3 Å². The minimum absolute atomic E-state index is 0.362. The summed E-state index contributed by atoms with van der Waals surface area (Å²) in [6.45, 7) is 3.29. The van der Waals surface area contributed by atoms with Crippen molar-refractivity contribution in [2.45, 2.75) is 44.8 Å². The third kappa shape index (κ3) is 4.44. The average Bonchev–Trinajstić information content (AvgIpc) is 2.08. The molecule has 0 aromatic heterocycles. The van der Waals surface area contributed by atoms with Crippen molar-refractivity contribution < 1.29 is 17.9 Å².